The minimum Gasteiger partial charge on any atom is -0.395 e. The highest BCUT2D eigenvalue weighted by Crippen LogP contribution is 2.30. The summed E-state index contributed by atoms with van der Waals surface area (Å²) in [6, 6.07) is 6.30. The maximum Gasteiger partial charge on any atom is 0.401 e. The minimum atomic E-state index is -4.33. The molecule has 0 heterocycles. The van der Waals surface area contributed by atoms with E-state index in [1.807, 2.05) is 26.0 Å². The molecule has 0 spiro atoms. The van der Waals surface area contributed by atoms with E-state index in [-0.39, 0.29) is 13.2 Å². The van der Waals surface area contributed by atoms with Crippen LogP contribution < -0.4 is 5.73 Å². The highest BCUT2D eigenvalue weighted by Gasteiger charge is 2.36. The van der Waals surface area contributed by atoms with E-state index >= 15 is 0 Å². The lowest BCUT2D eigenvalue weighted by atomic mass is 9.92. The van der Waals surface area contributed by atoms with E-state index < -0.39 is 24.8 Å². The van der Waals surface area contributed by atoms with Crippen LogP contribution in [0.5, 0.6) is 0 Å². The number of aryl methyl sites for hydroxylation is 1. The SMILES string of the molecule is CCC(N)C(c1ccccc1C)N(CCO)CC(F)(F)F. The van der Waals surface area contributed by atoms with Crippen LogP contribution in [-0.2, 0) is 0 Å². The van der Waals surface area contributed by atoms with Crippen LogP contribution in [0.15, 0.2) is 24.3 Å². The summed E-state index contributed by atoms with van der Waals surface area (Å²) < 4.78 is 38.4. The largest absolute Gasteiger partial charge is 0.401 e. The Bertz CT molecular complexity index is 437. The molecule has 0 bridgehead atoms. The third kappa shape index (κ3) is 5.30. The molecule has 3 N–H and O–H groups in total. The molecule has 2 unspecified atom stereocenters. The Morgan fingerprint density at radius 1 is 1.29 bits per heavy atom. The first-order valence-electron chi connectivity index (χ1n) is 7.03. The number of aliphatic hydroxyl groups excluding tert-OH is 1. The highest BCUT2D eigenvalue weighted by molar-refractivity contribution is 5.30. The maximum atomic E-state index is 12.8. The first-order valence-corrected chi connectivity index (χ1v) is 7.03. The predicted octanol–water partition coefficient (Wildman–Crippen LogP) is 2.63. The number of aliphatic hydroxyl groups is 1. The molecule has 0 amide bonds. The summed E-state index contributed by atoms with van der Waals surface area (Å²) in [6.45, 7) is 2.22. The van der Waals surface area contributed by atoms with Crippen molar-refractivity contribution in [3.63, 3.8) is 0 Å². The molecule has 1 aromatic rings. The van der Waals surface area contributed by atoms with Gasteiger partial charge in [0.05, 0.1) is 19.2 Å². The van der Waals surface area contributed by atoms with Crippen LogP contribution in [-0.4, -0.2) is 41.9 Å². The number of nitrogens with two attached hydrogens (primary N) is 1. The second-order valence-corrected chi connectivity index (χ2v) is 5.18. The quantitative estimate of drug-likeness (QED) is 0.814. The van der Waals surface area contributed by atoms with Gasteiger partial charge in [0.25, 0.3) is 0 Å². The third-order valence-electron chi connectivity index (χ3n) is 3.55. The minimum absolute atomic E-state index is 0.0633. The van der Waals surface area contributed by atoms with Crippen LogP contribution in [0.2, 0.25) is 0 Å². The van der Waals surface area contributed by atoms with Crippen molar-refractivity contribution in [2.75, 3.05) is 19.7 Å². The predicted molar refractivity (Wildman–Crippen MR) is 76.9 cm³/mol. The van der Waals surface area contributed by atoms with Crippen LogP contribution in [0.4, 0.5) is 13.2 Å². The molecule has 120 valence electrons. The average molecular weight is 304 g/mol. The van der Waals surface area contributed by atoms with Crippen molar-refractivity contribution in [3.8, 4) is 0 Å². The van der Waals surface area contributed by atoms with Gasteiger partial charge in [0.2, 0.25) is 0 Å². The Labute approximate surface area is 123 Å². The first kappa shape index (κ1) is 17.9. The molecule has 21 heavy (non-hydrogen) atoms. The van der Waals surface area contributed by atoms with Crippen molar-refractivity contribution < 1.29 is 18.3 Å². The van der Waals surface area contributed by atoms with Crippen LogP contribution in [0.1, 0.15) is 30.5 Å². The van der Waals surface area contributed by atoms with Gasteiger partial charge >= 0.3 is 6.18 Å². The van der Waals surface area contributed by atoms with E-state index in [0.717, 1.165) is 11.1 Å². The Kier molecular flexibility index (Phi) is 6.64. The second kappa shape index (κ2) is 7.77. The smallest absolute Gasteiger partial charge is 0.395 e. The normalized spacial score (nSPS) is 15.2. The van der Waals surface area contributed by atoms with Gasteiger partial charge in [-0.05, 0) is 24.5 Å². The summed E-state index contributed by atoms with van der Waals surface area (Å²) in [6.07, 6.45) is -3.78. The molecule has 1 aromatic carbocycles. The zero-order valence-electron chi connectivity index (χ0n) is 12.4. The lowest BCUT2D eigenvalue weighted by molar-refractivity contribution is -0.153. The Hall–Kier alpha value is -1.11. The molecule has 6 heteroatoms. The van der Waals surface area contributed by atoms with Crippen molar-refractivity contribution in [3.05, 3.63) is 35.4 Å². The number of halogens is 3. The molecular formula is C15H23F3N2O. The Morgan fingerprint density at radius 3 is 2.38 bits per heavy atom. The van der Waals surface area contributed by atoms with E-state index in [9.17, 15) is 13.2 Å². The van der Waals surface area contributed by atoms with Crippen molar-refractivity contribution in [1.82, 2.24) is 4.90 Å². The zero-order chi connectivity index (χ0) is 16.0. The molecule has 0 aliphatic rings. The molecule has 2 atom stereocenters. The Balaban J connectivity index is 3.17. The summed E-state index contributed by atoms with van der Waals surface area (Å²) in [5.41, 5.74) is 7.76. The highest BCUT2D eigenvalue weighted by atomic mass is 19.4. The molecule has 0 aliphatic carbocycles. The van der Waals surface area contributed by atoms with E-state index in [4.69, 9.17) is 10.8 Å². The van der Waals surface area contributed by atoms with Gasteiger partial charge in [-0.1, -0.05) is 31.2 Å². The topological polar surface area (TPSA) is 49.5 Å². The molecule has 0 aromatic heterocycles. The summed E-state index contributed by atoms with van der Waals surface area (Å²) >= 11 is 0. The van der Waals surface area contributed by atoms with Crippen molar-refractivity contribution in [2.24, 2.45) is 5.73 Å². The van der Waals surface area contributed by atoms with Crippen LogP contribution in [0.3, 0.4) is 0 Å². The van der Waals surface area contributed by atoms with Gasteiger partial charge in [-0.15, -0.1) is 0 Å². The van der Waals surface area contributed by atoms with Gasteiger partial charge in [0.1, 0.15) is 0 Å². The van der Waals surface area contributed by atoms with Crippen molar-refractivity contribution in [2.45, 2.75) is 38.5 Å². The number of nitrogens with zero attached hydrogens (tertiary/aromatic N) is 1. The van der Waals surface area contributed by atoms with Crippen LogP contribution in [0.25, 0.3) is 0 Å². The van der Waals surface area contributed by atoms with Crippen LogP contribution in [0, 0.1) is 6.92 Å². The zero-order valence-corrected chi connectivity index (χ0v) is 12.4. The van der Waals surface area contributed by atoms with E-state index in [1.54, 1.807) is 12.1 Å². The number of alkyl halides is 3. The number of rotatable bonds is 7. The molecule has 0 fully saturated rings. The summed E-state index contributed by atoms with van der Waals surface area (Å²) in [4.78, 5) is 1.22. The summed E-state index contributed by atoms with van der Waals surface area (Å²) in [7, 11) is 0. The molecule has 0 radical (unpaired) electrons. The lowest BCUT2D eigenvalue weighted by Crippen LogP contribution is -2.46. The van der Waals surface area contributed by atoms with Gasteiger partial charge in [-0.25, -0.2) is 0 Å². The summed E-state index contributed by atoms with van der Waals surface area (Å²) in [5, 5.41) is 9.10. The maximum absolute atomic E-state index is 12.8. The first-order chi connectivity index (χ1) is 9.80. The van der Waals surface area contributed by atoms with Gasteiger partial charge in [0.15, 0.2) is 0 Å². The van der Waals surface area contributed by atoms with Gasteiger partial charge in [0, 0.05) is 12.6 Å². The van der Waals surface area contributed by atoms with E-state index in [2.05, 4.69) is 0 Å². The van der Waals surface area contributed by atoms with Gasteiger partial charge in [-0.2, -0.15) is 13.2 Å². The fourth-order valence-electron chi connectivity index (χ4n) is 2.52. The fourth-order valence-corrected chi connectivity index (χ4v) is 2.52. The number of hydrogen-bond acceptors (Lipinski definition) is 3. The molecular weight excluding hydrogens is 281 g/mol. The van der Waals surface area contributed by atoms with E-state index in [1.165, 1.54) is 4.90 Å². The standard InChI is InChI=1S/C15H23F3N2O/c1-3-13(19)14(12-7-5-4-6-11(12)2)20(8-9-21)10-15(16,17)18/h4-7,13-14,21H,3,8-10,19H2,1-2H3. The average Bonchev–Trinajstić information content (AvgIpc) is 2.39. The lowest BCUT2D eigenvalue weighted by Gasteiger charge is -2.36. The molecule has 0 saturated heterocycles. The van der Waals surface area contributed by atoms with Crippen LogP contribution >= 0.6 is 0 Å². The van der Waals surface area contributed by atoms with Crippen molar-refractivity contribution in [1.29, 1.82) is 0 Å². The monoisotopic (exact) mass is 304 g/mol. The van der Waals surface area contributed by atoms with E-state index in [0.29, 0.717) is 6.42 Å². The number of benzene rings is 1. The van der Waals surface area contributed by atoms with Gasteiger partial charge < -0.3 is 10.8 Å². The molecule has 1 rings (SSSR count). The Morgan fingerprint density at radius 2 is 1.90 bits per heavy atom. The molecule has 3 nitrogen and oxygen atoms in total. The number of hydrogen-bond donors (Lipinski definition) is 2. The van der Waals surface area contributed by atoms with Gasteiger partial charge in [-0.3, -0.25) is 4.90 Å². The second-order valence-electron chi connectivity index (χ2n) is 5.18. The molecule has 0 aliphatic heterocycles. The molecule has 0 saturated carbocycles. The summed E-state index contributed by atoms with van der Waals surface area (Å²) in [5.74, 6) is 0. The fraction of sp³-hybridized carbons (Fsp3) is 0.600. The van der Waals surface area contributed by atoms with Crippen molar-refractivity contribution >= 4 is 0 Å². The third-order valence-corrected chi connectivity index (χ3v) is 3.55.